The smallest absolute Gasteiger partial charge is 0.318 e. The summed E-state index contributed by atoms with van der Waals surface area (Å²) in [7, 11) is 0. The molecule has 1 amide bonds. The van der Waals surface area contributed by atoms with Gasteiger partial charge in [0.15, 0.2) is 5.65 Å². The van der Waals surface area contributed by atoms with E-state index in [0.29, 0.717) is 16.7 Å². The first kappa shape index (κ1) is 20.1. The van der Waals surface area contributed by atoms with Gasteiger partial charge in [0.05, 0.1) is 12.1 Å². The highest BCUT2D eigenvalue weighted by molar-refractivity contribution is 5.78. The Morgan fingerprint density at radius 2 is 1.61 bits per heavy atom. The summed E-state index contributed by atoms with van der Waals surface area (Å²) in [6.07, 6.45) is 4.72. The summed E-state index contributed by atoms with van der Waals surface area (Å²) in [6.45, 7) is -0.0155. The zero-order valence-electron chi connectivity index (χ0n) is 16.4. The van der Waals surface area contributed by atoms with Crippen LogP contribution in [0.1, 0.15) is 11.1 Å². The third-order valence-electron chi connectivity index (χ3n) is 4.78. The Morgan fingerprint density at radius 1 is 0.903 bits per heavy atom. The fraction of sp³-hybridized carbons (Fsp3) is 0.136. The molecule has 0 atom stereocenters. The van der Waals surface area contributed by atoms with E-state index < -0.39 is 17.0 Å². The first-order valence-corrected chi connectivity index (χ1v) is 9.51. The predicted molar refractivity (Wildman–Crippen MR) is 112 cm³/mol. The van der Waals surface area contributed by atoms with Crippen molar-refractivity contribution in [2.24, 2.45) is 0 Å². The molecular formula is C22H18FN5O3. The first-order chi connectivity index (χ1) is 15.0. The van der Waals surface area contributed by atoms with Gasteiger partial charge < -0.3 is 5.32 Å². The molecule has 0 spiro atoms. The molecule has 0 aliphatic rings. The van der Waals surface area contributed by atoms with Crippen LogP contribution in [0.2, 0.25) is 0 Å². The van der Waals surface area contributed by atoms with Crippen LogP contribution in [0.4, 0.5) is 4.39 Å². The number of amides is 1. The fourth-order valence-corrected chi connectivity index (χ4v) is 3.22. The van der Waals surface area contributed by atoms with Crippen LogP contribution in [0, 0.1) is 5.82 Å². The Kier molecular flexibility index (Phi) is 5.65. The Bertz CT molecular complexity index is 1350. The van der Waals surface area contributed by atoms with Crippen molar-refractivity contribution in [1.82, 2.24) is 24.4 Å². The number of pyridine rings is 2. The van der Waals surface area contributed by atoms with Gasteiger partial charge in [-0.2, -0.15) is 0 Å². The lowest BCUT2D eigenvalue weighted by atomic mass is 10.2. The van der Waals surface area contributed by atoms with E-state index in [-0.39, 0.29) is 25.5 Å². The largest absolute Gasteiger partial charge is 0.350 e. The second-order valence-corrected chi connectivity index (χ2v) is 6.89. The maximum Gasteiger partial charge on any atom is 0.318 e. The van der Waals surface area contributed by atoms with E-state index in [0.717, 1.165) is 10.1 Å². The second-order valence-electron chi connectivity index (χ2n) is 6.89. The van der Waals surface area contributed by atoms with E-state index in [1.165, 1.54) is 22.9 Å². The first-order valence-electron chi connectivity index (χ1n) is 9.51. The molecule has 1 aromatic carbocycles. The number of nitrogens with zero attached hydrogens (tertiary/aromatic N) is 4. The van der Waals surface area contributed by atoms with Crippen molar-refractivity contribution in [1.29, 1.82) is 0 Å². The minimum absolute atomic E-state index is 0.154. The lowest BCUT2D eigenvalue weighted by molar-refractivity contribution is -0.121. The van der Waals surface area contributed by atoms with E-state index in [1.54, 1.807) is 48.8 Å². The van der Waals surface area contributed by atoms with E-state index in [4.69, 9.17) is 0 Å². The quantitative estimate of drug-likeness (QED) is 0.477. The minimum atomic E-state index is -0.813. The number of hydrogen-bond donors (Lipinski definition) is 1. The van der Waals surface area contributed by atoms with Crippen molar-refractivity contribution >= 4 is 17.1 Å². The molecule has 0 aliphatic heterocycles. The van der Waals surface area contributed by atoms with Crippen molar-refractivity contribution in [3.63, 3.8) is 0 Å². The molecular weight excluding hydrogens is 401 g/mol. The van der Waals surface area contributed by atoms with Gasteiger partial charge in [-0.05, 0) is 47.5 Å². The summed E-state index contributed by atoms with van der Waals surface area (Å²) in [6, 6.07) is 12.5. The van der Waals surface area contributed by atoms with Gasteiger partial charge in [-0.25, -0.2) is 9.37 Å². The number of aromatic nitrogens is 4. The summed E-state index contributed by atoms with van der Waals surface area (Å²) < 4.78 is 15.4. The second kappa shape index (κ2) is 8.70. The molecule has 3 aromatic heterocycles. The Morgan fingerprint density at radius 3 is 2.35 bits per heavy atom. The normalized spacial score (nSPS) is 10.9. The van der Waals surface area contributed by atoms with Crippen LogP contribution < -0.4 is 16.4 Å². The van der Waals surface area contributed by atoms with Crippen molar-refractivity contribution in [2.45, 2.75) is 19.6 Å². The van der Waals surface area contributed by atoms with Gasteiger partial charge in [0.2, 0.25) is 5.91 Å². The van der Waals surface area contributed by atoms with Crippen LogP contribution in [-0.4, -0.2) is 25.0 Å². The molecule has 4 aromatic rings. The summed E-state index contributed by atoms with van der Waals surface area (Å²) in [5.41, 5.74) is 0.591. The number of benzene rings is 1. The third-order valence-corrected chi connectivity index (χ3v) is 4.78. The lowest BCUT2D eigenvalue weighted by Gasteiger charge is -2.14. The minimum Gasteiger partial charge on any atom is -0.350 e. The fourth-order valence-electron chi connectivity index (χ4n) is 3.22. The summed E-state index contributed by atoms with van der Waals surface area (Å²) >= 11 is 0. The molecule has 0 saturated carbocycles. The van der Waals surface area contributed by atoms with Crippen LogP contribution in [0.15, 0.2) is 76.7 Å². The molecule has 156 valence electrons. The van der Waals surface area contributed by atoms with Gasteiger partial charge in [0, 0.05) is 25.1 Å². The zero-order valence-corrected chi connectivity index (χ0v) is 16.4. The van der Waals surface area contributed by atoms with Crippen molar-refractivity contribution in [2.75, 3.05) is 0 Å². The predicted octanol–water partition coefficient (Wildman–Crippen LogP) is 1.46. The molecule has 4 rings (SSSR count). The summed E-state index contributed by atoms with van der Waals surface area (Å²) in [4.78, 5) is 46.3. The molecule has 9 heteroatoms. The lowest BCUT2D eigenvalue weighted by Crippen LogP contribution is -2.44. The van der Waals surface area contributed by atoms with Crippen LogP contribution in [-0.2, 0) is 24.4 Å². The van der Waals surface area contributed by atoms with Crippen molar-refractivity contribution < 1.29 is 9.18 Å². The molecule has 0 bridgehead atoms. The number of rotatable bonds is 6. The Hall–Kier alpha value is -4.14. The highest BCUT2D eigenvalue weighted by Gasteiger charge is 2.16. The molecule has 0 unspecified atom stereocenters. The molecule has 3 heterocycles. The topological polar surface area (TPSA) is 98.9 Å². The maximum atomic E-state index is 13.0. The van der Waals surface area contributed by atoms with E-state index >= 15 is 0 Å². The van der Waals surface area contributed by atoms with E-state index in [1.807, 2.05) is 0 Å². The maximum absolute atomic E-state index is 13.0. The van der Waals surface area contributed by atoms with Crippen LogP contribution in [0.25, 0.3) is 11.2 Å². The molecule has 0 fully saturated rings. The highest BCUT2D eigenvalue weighted by atomic mass is 19.1. The molecule has 0 radical (unpaired) electrons. The number of nitrogens with one attached hydrogen (secondary N) is 1. The van der Waals surface area contributed by atoms with Gasteiger partial charge in [0.25, 0.3) is 0 Å². The van der Waals surface area contributed by atoms with Crippen LogP contribution >= 0.6 is 0 Å². The zero-order chi connectivity index (χ0) is 21.8. The monoisotopic (exact) mass is 419 g/mol. The summed E-state index contributed by atoms with van der Waals surface area (Å²) in [5, 5.41) is 2.68. The molecule has 31 heavy (non-hydrogen) atoms. The average molecular weight is 419 g/mol. The molecule has 0 saturated heterocycles. The van der Waals surface area contributed by atoms with Gasteiger partial charge in [-0.1, -0.05) is 12.1 Å². The van der Waals surface area contributed by atoms with Crippen LogP contribution in [0.5, 0.6) is 0 Å². The van der Waals surface area contributed by atoms with Crippen molar-refractivity contribution in [3.8, 4) is 0 Å². The number of hydrogen-bond acceptors (Lipinski definition) is 5. The highest BCUT2D eigenvalue weighted by Crippen LogP contribution is 2.10. The van der Waals surface area contributed by atoms with E-state index in [2.05, 4.69) is 15.3 Å². The number of carbonyl (C=O) groups is 1. The van der Waals surface area contributed by atoms with Gasteiger partial charge in [-0.3, -0.25) is 28.5 Å². The Balaban J connectivity index is 1.64. The van der Waals surface area contributed by atoms with Gasteiger partial charge >= 0.3 is 11.1 Å². The third kappa shape index (κ3) is 4.40. The number of fused-ring (bicyclic) bond motifs is 1. The number of halogens is 1. The molecule has 1 N–H and O–H groups in total. The molecule has 0 aliphatic carbocycles. The van der Waals surface area contributed by atoms with Gasteiger partial charge in [-0.15, -0.1) is 0 Å². The summed E-state index contributed by atoms with van der Waals surface area (Å²) in [5.74, 6) is -0.823. The van der Waals surface area contributed by atoms with Crippen LogP contribution in [0.3, 0.4) is 0 Å². The van der Waals surface area contributed by atoms with Crippen molar-refractivity contribution in [3.05, 3.63) is 105 Å². The Labute approximate surface area is 175 Å². The van der Waals surface area contributed by atoms with E-state index in [9.17, 15) is 18.8 Å². The average Bonchev–Trinajstić information content (AvgIpc) is 2.80. The van der Waals surface area contributed by atoms with Gasteiger partial charge in [0.1, 0.15) is 12.4 Å². The molecule has 8 nitrogen and oxygen atoms in total. The standard InChI is InChI=1S/C22H18FN5O3/c23-17-5-3-15(4-6-17)12-26-19(29)14-27-18-2-1-9-25-20(18)28(22(31)21(27)30)13-16-7-10-24-11-8-16/h1-11H,12-14H2,(H,26,29). The SMILES string of the molecule is O=C(Cn1c(=O)c(=O)n(Cc2ccncc2)c2ncccc21)NCc1ccc(F)cc1. The number of carbonyl (C=O) groups excluding carboxylic acids is 1.